The van der Waals surface area contributed by atoms with Gasteiger partial charge in [0.1, 0.15) is 0 Å². The first-order valence-electron chi connectivity index (χ1n) is 5.03. The molecule has 0 saturated carbocycles. The largest absolute Gasteiger partial charge is 0.390 e. The zero-order valence-corrected chi connectivity index (χ0v) is 9.27. The minimum Gasteiger partial charge on any atom is -0.390 e. The number of aliphatic hydroxyl groups excluding tert-OH is 1. The first kappa shape index (κ1) is 12.0. The number of para-hydroxylation sites is 1. The van der Waals surface area contributed by atoms with Gasteiger partial charge in [-0.25, -0.2) is 5.01 Å². The molecule has 15 heavy (non-hydrogen) atoms. The summed E-state index contributed by atoms with van der Waals surface area (Å²) in [6.45, 7) is 3.00. The summed E-state index contributed by atoms with van der Waals surface area (Å²) in [7, 11) is 1.73. The van der Waals surface area contributed by atoms with Gasteiger partial charge in [-0.3, -0.25) is 5.84 Å². The molecule has 0 heterocycles. The maximum absolute atomic E-state index is 9.59. The molecule has 4 nitrogen and oxygen atoms in total. The molecule has 0 aliphatic carbocycles. The van der Waals surface area contributed by atoms with E-state index >= 15 is 0 Å². The quantitative estimate of drug-likeness (QED) is 0.490. The van der Waals surface area contributed by atoms with E-state index in [2.05, 4.69) is 5.32 Å². The van der Waals surface area contributed by atoms with Crippen LogP contribution in [0.5, 0.6) is 0 Å². The molecule has 0 fully saturated rings. The lowest BCUT2D eigenvalue weighted by Crippen LogP contribution is -2.37. The van der Waals surface area contributed by atoms with E-state index in [0.29, 0.717) is 13.1 Å². The van der Waals surface area contributed by atoms with Crippen LogP contribution in [0.25, 0.3) is 0 Å². The molecule has 0 amide bonds. The smallest absolute Gasteiger partial charge is 0.0852 e. The lowest BCUT2D eigenvalue weighted by Gasteiger charge is -2.17. The van der Waals surface area contributed by atoms with Crippen molar-refractivity contribution in [3.05, 3.63) is 29.8 Å². The number of nitrogens with one attached hydrogen (secondary N) is 1. The molecule has 1 unspecified atom stereocenters. The number of hydrogen-bond acceptors (Lipinski definition) is 4. The second-order valence-electron chi connectivity index (χ2n) is 3.79. The third kappa shape index (κ3) is 4.29. The molecule has 0 radical (unpaired) electrons. The van der Waals surface area contributed by atoms with Gasteiger partial charge in [0.25, 0.3) is 0 Å². The van der Waals surface area contributed by atoms with Crippen LogP contribution >= 0.6 is 0 Å². The van der Waals surface area contributed by atoms with Crippen LogP contribution in [-0.4, -0.2) is 36.4 Å². The predicted molar refractivity (Wildman–Crippen MR) is 62.5 cm³/mol. The fraction of sp³-hybridized carbons (Fsp3) is 0.455. The Morgan fingerprint density at radius 3 is 2.73 bits per heavy atom. The van der Waals surface area contributed by atoms with Gasteiger partial charge in [-0.1, -0.05) is 18.2 Å². The van der Waals surface area contributed by atoms with Crippen molar-refractivity contribution in [3.8, 4) is 0 Å². The maximum Gasteiger partial charge on any atom is 0.0852 e. The van der Waals surface area contributed by atoms with Crippen molar-refractivity contribution < 1.29 is 5.11 Å². The van der Waals surface area contributed by atoms with Crippen LogP contribution in [0.2, 0.25) is 0 Å². The highest BCUT2D eigenvalue weighted by Crippen LogP contribution is 2.12. The van der Waals surface area contributed by atoms with Crippen LogP contribution in [0, 0.1) is 6.92 Å². The van der Waals surface area contributed by atoms with Gasteiger partial charge in [0.15, 0.2) is 0 Å². The Morgan fingerprint density at radius 2 is 2.13 bits per heavy atom. The molecule has 0 aliphatic heterocycles. The lowest BCUT2D eigenvalue weighted by molar-refractivity contribution is 0.137. The van der Waals surface area contributed by atoms with Gasteiger partial charge in [-0.2, -0.15) is 0 Å². The number of hydrazine groups is 1. The molecule has 1 aromatic rings. The molecule has 84 valence electrons. The highest BCUT2D eigenvalue weighted by atomic mass is 16.3. The molecule has 0 aliphatic rings. The lowest BCUT2D eigenvalue weighted by atomic mass is 10.2. The topological polar surface area (TPSA) is 61.5 Å². The first-order valence-corrected chi connectivity index (χ1v) is 5.03. The number of likely N-dealkylation sites (N-methyl/N-ethyl adjacent to an activating group) is 1. The molecule has 1 rings (SSSR count). The molecule has 0 saturated heterocycles. The number of nitrogens with two attached hydrogens (primary N) is 1. The summed E-state index contributed by atoms with van der Waals surface area (Å²) in [6.07, 6.45) is -0.459. The SMILES string of the molecule is Cc1ccccc1NCC(O)CN(C)N. The standard InChI is InChI=1S/C11H19N3O/c1-9-5-3-4-6-11(9)13-7-10(15)8-14(2)12/h3-6,10,13,15H,7-8,12H2,1-2H3. The molecule has 0 aromatic heterocycles. The number of hydrogen-bond donors (Lipinski definition) is 3. The van der Waals surface area contributed by atoms with Crippen molar-refractivity contribution in [2.24, 2.45) is 5.84 Å². The maximum atomic E-state index is 9.59. The van der Waals surface area contributed by atoms with Crippen LogP contribution in [-0.2, 0) is 0 Å². The van der Waals surface area contributed by atoms with Gasteiger partial charge in [-0.15, -0.1) is 0 Å². The number of benzene rings is 1. The van der Waals surface area contributed by atoms with Crippen molar-refractivity contribution >= 4 is 5.69 Å². The zero-order valence-electron chi connectivity index (χ0n) is 9.27. The third-order valence-electron chi connectivity index (χ3n) is 2.17. The average molecular weight is 209 g/mol. The van der Waals surface area contributed by atoms with E-state index in [1.165, 1.54) is 10.6 Å². The Morgan fingerprint density at radius 1 is 1.47 bits per heavy atom. The summed E-state index contributed by atoms with van der Waals surface area (Å²) >= 11 is 0. The Kier molecular flexibility index (Phi) is 4.55. The summed E-state index contributed by atoms with van der Waals surface area (Å²) in [5.74, 6) is 5.44. The minimum absolute atomic E-state index is 0.457. The van der Waals surface area contributed by atoms with E-state index in [1.54, 1.807) is 7.05 Å². The van der Waals surface area contributed by atoms with Crippen LogP contribution in [0.1, 0.15) is 5.56 Å². The van der Waals surface area contributed by atoms with Crippen molar-refractivity contribution in [1.29, 1.82) is 0 Å². The monoisotopic (exact) mass is 209 g/mol. The van der Waals surface area contributed by atoms with Gasteiger partial charge in [0, 0.05) is 25.8 Å². The Labute approximate surface area is 90.7 Å². The van der Waals surface area contributed by atoms with Gasteiger partial charge >= 0.3 is 0 Å². The number of nitrogens with zero attached hydrogens (tertiary/aromatic N) is 1. The van der Waals surface area contributed by atoms with Crippen molar-refractivity contribution in [2.75, 3.05) is 25.5 Å². The second-order valence-corrected chi connectivity index (χ2v) is 3.79. The Balaban J connectivity index is 2.40. The number of anilines is 1. The highest BCUT2D eigenvalue weighted by molar-refractivity contribution is 5.50. The Bertz CT molecular complexity index is 302. The molecular formula is C11H19N3O. The summed E-state index contributed by atoms with van der Waals surface area (Å²) in [5.41, 5.74) is 2.22. The summed E-state index contributed by atoms with van der Waals surface area (Å²) in [6, 6.07) is 7.99. The first-order chi connectivity index (χ1) is 7.09. The molecule has 4 heteroatoms. The normalized spacial score (nSPS) is 12.9. The fourth-order valence-electron chi connectivity index (χ4n) is 1.40. The molecular weight excluding hydrogens is 190 g/mol. The zero-order chi connectivity index (χ0) is 11.3. The molecule has 1 atom stereocenters. The van der Waals surface area contributed by atoms with Crippen LogP contribution in [0.15, 0.2) is 24.3 Å². The Hall–Kier alpha value is -1.10. The van der Waals surface area contributed by atoms with Crippen LogP contribution in [0.3, 0.4) is 0 Å². The second kappa shape index (κ2) is 5.70. The van der Waals surface area contributed by atoms with E-state index in [-0.39, 0.29) is 0 Å². The minimum atomic E-state index is -0.459. The van der Waals surface area contributed by atoms with E-state index in [0.717, 1.165) is 5.69 Å². The van der Waals surface area contributed by atoms with E-state index in [4.69, 9.17) is 5.84 Å². The van der Waals surface area contributed by atoms with Crippen molar-refractivity contribution in [3.63, 3.8) is 0 Å². The number of rotatable bonds is 5. The number of aliphatic hydroxyl groups is 1. The summed E-state index contributed by atoms with van der Waals surface area (Å²) in [5, 5.41) is 14.2. The molecule has 1 aromatic carbocycles. The average Bonchev–Trinajstić information content (AvgIpc) is 2.15. The van der Waals surface area contributed by atoms with E-state index in [1.807, 2.05) is 31.2 Å². The van der Waals surface area contributed by atoms with Gasteiger partial charge in [-0.05, 0) is 18.6 Å². The fourth-order valence-corrected chi connectivity index (χ4v) is 1.40. The van der Waals surface area contributed by atoms with Crippen molar-refractivity contribution in [2.45, 2.75) is 13.0 Å². The van der Waals surface area contributed by atoms with Crippen molar-refractivity contribution in [1.82, 2.24) is 5.01 Å². The molecule has 0 spiro atoms. The van der Waals surface area contributed by atoms with Gasteiger partial charge in [0.2, 0.25) is 0 Å². The van der Waals surface area contributed by atoms with Gasteiger partial charge < -0.3 is 10.4 Å². The highest BCUT2D eigenvalue weighted by Gasteiger charge is 2.05. The van der Waals surface area contributed by atoms with Crippen LogP contribution in [0.4, 0.5) is 5.69 Å². The predicted octanol–water partition coefficient (Wildman–Crippen LogP) is 0.573. The number of aryl methyl sites for hydroxylation is 1. The third-order valence-corrected chi connectivity index (χ3v) is 2.17. The molecule has 0 bridgehead atoms. The summed E-state index contributed by atoms with van der Waals surface area (Å²) in [4.78, 5) is 0. The van der Waals surface area contributed by atoms with E-state index < -0.39 is 6.10 Å². The van der Waals surface area contributed by atoms with E-state index in [9.17, 15) is 5.11 Å². The van der Waals surface area contributed by atoms with Gasteiger partial charge in [0.05, 0.1) is 6.10 Å². The summed E-state index contributed by atoms with van der Waals surface area (Å²) < 4.78 is 0. The molecule has 4 N–H and O–H groups in total. The van der Waals surface area contributed by atoms with Crippen LogP contribution < -0.4 is 11.2 Å².